The first-order valence-electron chi connectivity index (χ1n) is 7.52. The molecule has 3 rings (SSSR count). The van der Waals surface area contributed by atoms with Crippen LogP contribution >= 0.6 is 0 Å². The molecule has 0 bridgehead atoms. The van der Waals surface area contributed by atoms with E-state index in [1.165, 1.54) is 30.6 Å². The van der Waals surface area contributed by atoms with Crippen molar-refractivity contribution in [3.8, 4) is 11.3 Å². The number of hydrogen-bond donors (Lipinski definition) is 0. The molecule has 0 saturated carbocycles. The van der Waals surface area contributed by atoms with Crippen LogP contribution in [-0.4, -0.2) is 35.2 Å². The highest BCUT2D eigenvalue weighted by Gasteiger charge is 2.25. The van der Waals surface area contributed by atoms with Gasteiger partial charge in [-0.1, -0.05) is 30.3 Å². The van der Waals surface area contributed by atoms with Crippen LogP contribution in [0.4, 0.5) is 0 Å². The highest BCUT2D eigenvalue weighted by atomic mass is 32.2. The van der Waals surface area contributed by atoms with E-state index >= 15 is 0 Å². The molecule has 7 nitrogen and oxygen atoms in total. The van der Waals surface area contributed by atoms with E-state index in [0.717, 1.165) is 3.97 Å². The lowest BCUT2D eigenvalue weighted by Gasteiger charge is -2.09. The van der Waals surface area contributed by atoms with Crippen molar-refractivity contribution >= 4 is 16.0 Å². The minimum Gasteiger partial charge on any atom is -0.462 e. The molecule has 0 radical (unpaired) electrons. The first kappa shape index (κ1) is 16.8. The van der Waals surface area contributed by atoms with Crippen LogP contribution < -0.4 is 0 Å². The SMILES string of the molecule is CCOC(=O)c1cc(-c2ccccc2)n(S(=O)(=O)c2cccnn2)c1. The Bertz CT molecular complexity index is 983. The Kier molecular flexibility index (Phi) is 4.62. The molecule has 1 aromatic carbocycles. The second-order valence-corrected chi connectivity index (χ2v) is 6.83. The summed E-state index contributed by atoms with van der Waals surface area (Å²) in [6.45, 7) is 1.88. The molecular formula is C17H15N3O4S. The second-order valence-electron chi connectivity index (χ2n) is 5.06. The highest BCUT2D eigenvalue weighted by Crippen LogP contribution is 2.26. The summed E-state index contributed by atoms with van der Waals surface area (Å²) in [6, 6.07) is 13.2. The van der Waals surface area contributed by atoms with Gasteiger partial charge in [-0.05, 0) is 30.7 Å². The molecule has 0 unspecified atom stereocenters. The first-order chi connectivity index (χ1) is 12.0. The summed E-state index contributed by atoms with van der Waals surface area (Å²) in [5.41, 5.74) is 1.13. The van der Waals surface area contributed by atoms with E-state index in [9.17, 15) is 13.2 Å². The number of hydrogen-bond acceptors (Lipinski definition) is 6. The van der Waals surface area contributed by atoms with Gasteiger partial charge >= 0.3 is 5.97 Å². The molecular weight excluding hydrogens is 342 g/mol. The fourth-order valence-electron chi connectivity index (χ4n) is 2.31. The summed E-state index contributed by atoms with van der Waals surface area (Å²) >= 11 is 0. The van der Waals surface area contributed by atoms with Crippen molar-refractivity contribution < 1.29 is 17.9 Å². The molecule has 0 fully saturated rings. The first-order valence-corrected chi connectivity index (χ1v) is 8.96. The van der Waals surface area contributed by atoms with Crippen LogP contribution in [0.5, 0.6) is 0 Å². The van der Waals surface area contributed by atoms with Gasteiger partial charge in [-0.25, -0.2) is 8.77 Å². The van der Waals surface area contributed by atoms with Gasteiger partial charge in [-0.2, -0.15) is 13.5 Å². The maximum atomic E-state index is 12.9. The van der Waals surface area contributed by atoms with Crippen molar-refractivity contribution in [1.29, 1.82) is 0 Å². The predicted octanol–water partition coefficient (Wildman–Crippen LogP) is 2.36. The lowest BCUT2D eigenvalue weighted by Crippen LogP contribution is -2.15. The molecule has 0 N–H and O–H groups in total. The van der Waals surface area contributed by atoms with E-state index in [0.29, 0.717) is 11.3 Å². The van der Waals surface area contributed by atoms with Crippen LogP contribution in [0.15, 0.2) is 66.0 Å². The van der Waals surface area contributed by atoms with Crippen molar-refractivity contribution in [3.63, 3.8) is 0 Å². The number of benzene rings is 1. The quantitative estimate of drug-likeness (QED) is 0.651. The third kappa shape index (κ3) is 3.29. The number of nitrogens with zero attached hydrogens (tertiary/aromatic N) is 3. The standard InChI is InChI=1S/C17H15N3O4S/c1-2-24-17(21)14-11-15(13-7-4-3-5-8-13)20(12-14)25(22,23)16-9-6-10-18-19-16/h3-12H,2H2,1H3. The van der Waals surface area contributed by atoms with Crippen molar-refractivity contribution in [2.45, 2.75) is 11.9 Å². The summed E-state index contributed by atoms with van der Waals surface area (Å²) in [5.74, 6) is -0.590. The van der Waals surface area contributed by atoms with Crippen LogP contribution in [0.3, 0.4) is 0 Å². The Labute approximate surface area is 145 Å². The van der Waals surface area contributed by atoms with Gasteiger partial charge in [0.1, 0.15) is 0 Å². The molecule has 0 saturated heterocycles. The average molecular weight is 357 g/mol. The molecule has 0 aliphatic rings. The van der Waals surface area contributed by atoms with Crippen molar-refractivity contribution in [3.05, 3.63) is 66.5 Å². The molecule has 0 spiro atoms. The summed E-state index contributed by atoms with van der Waals surface area (Å²) in [5, 5.41) is 7.08. The Morgan fingerprint density at radius 1 is 1.16 bits per heavy atom. The van der Waals surface area contributed by atoms with Gasteiger partial charge in [0.05, 0.1) is 17.9 Å². The van der Waals surface area contributed by atoms with Crippen LogP contribution in [0.2, 0.25) is 0 Å². The maximum absolute atomic E-state index is 12.9. The minimum absolute atomic E-state index is 0.146. The normalized spacial score (nSPS) is 11.2. The van der Waals surface area contributed by atoms with Gasteiger partial charge in [0.2, 0.25) is 0 Å². The van der Waals surface area contributed by atoms with Crippen molar-refractivity contribution in [2.24, 2.45) is 0 Å². The Balaban J connectivity index is 2.19. The van der Waals surface area contributed by atoms with Gasteiger partial charge in [0.25, 0.3) is 10.0 Å². The molecule has 0 aliphatic carbocycles. The predicted molar refractivity (Wildman–Crippen MR) is 90.4 cm³/mol. The van der Waals surface area contributed by atoms with Gasteiger partial charge in [0, 0.05) is 12.4 Å². The Morgan fingerprint density at radius 2 is 1.92 bits per heavy atom. The zero-order valence-electron chi connectivity index (χ0n) is 13.4. The maximum Gasteiger partial charge on any atom is 0.339 e. The van der Waals surface area contributed by atoms with Gasteiger partial charge in [0.15, 0.2) is 5.03 Å². The highest BCUT2D eigenvalue weighted by molar-refractivity contribution is 7.90. The summed E-state index contributed by atoms with van der Waals surface area (Å²) in [4.78, 5) is 12.0. The van der Waals surface area contributed by atoms with Crippen LogP contribution in [0.25, 0.3) is 11.3 Å². The molecule has 8 heteroatoms. The van der Waals surface area contributed by atoms with Crippen LogP contribution in [0, 0.1) is 0 Å². The topological polar surface area (TPSA) is 91.2 Å². The van der Waals surface area contributed by atoms with E-state index in [2.05, 4.69) is 10.2 Å². The number of rotatable bonds is 5. The van der Waals surface area contributed by atoms with E-state index in [1.807, 2.05) is 6.07 Å². The number of aromatic nitrogens is 3. The average Bonchev–Trinajstić information content (AvgIpc) is 3.10. The van der Waals surface area contributed by atoms with Crippen molar-refractivity contribution in [1.82, 2.24) is 14.2 Å². The van der Waals surface area contributed by atoms with E-state index in [4.69, 9.17) is 4.74 Å². The van der Waals surface area contributed by atoms with E-state index in [1.54, 1.807) is 31.2 Å². The number of ether oxygens (including phenoxy) is 1. The smallest absolute Gasteiger partial charge is 0.339 e. The molecule has 128 valence electrons. The van der Waals surface area contributed by atoms with E-state index < -0.39 is 16.0 Å². The zero-order valence-corrected chi connectivity index (χ0v) is 14.2. The van der Waals surface area contributed by atoms with Gasteiger partial charge in [-0.15, -0.1) is 5.10 Å². The number of esters is 1. The monoisotopic (exact) mass is 357 g/mol. The van der Waals surface area contributed by atoms with Crippen molar-refractivity contribution in [2.75, 3.05) is 6.61 Å². The Hall–Kier alpha value is -3.00. The largest absolute Gasteiger partial charge is 0.462 e. The summed E-state index contributed by atoms with van der Waals surface area (Å²) in [6.07, 6.45) is 2.63. The lowest BCUT2D eigenvalue weighted by atomic mass is 10.1. The molecule has 25 heavy (non-hydrogen) atoms. The second kappa shape index (κ2) is 6.86. The number of carbonyl (C=O) groups excluding carboxylic acids is 1. The van der Waals surface area contributed by atoms with Gasteiger partial charge in [-0.3, -0.25) is 0 Å². The Morgan fingerprint density at radius 3 is 2.56 bits per heavy atom. The summed E-state index contributed by atoms with van der Waals surface area (Å²) in [7, 11) is -4.01. The molecule has 0 aliphatic heterocycles. The lowest BCUT2D eigenvalue weighted by molar-refractivity contribution is 0.0526. The van der Waals surface area contributed by atoms with Gasteiger partial charge < -0.3 is 4.74 Å². The zero-order chi connectivity index (χ0) is 17.9. The molecule has 3 aromatic rings. The minimum atomic E-state index is -4.01. The van der Waals surface area contributed by atoms with Crippen LogP contribution in [-0.2, 0) is 14.8 Å². The fourth-order valence-corrected chi connectivity index (χ4v) is 3.59. The van der Waals surface area contributed by atoms with E-state index in [-0.39, 0.29) is 17.2 Å². The molecule has 0 atom stereocenters. The fraction of sp³-hybridized carbons (Fsp3) is 0.118. The molecule has 0 amide bonds. The van der Waals surface area contributed by atoms with Crippen LogP contribution in [0.1, 0.15) is 17.3 Å². The summed E-state index contributed by atoms with van der Waals surface area (Å²) < 4.78 is 31.9. The molecule has 2 heterocycles. The molecule has 2 aromatic heterocycles. The third-order valence-electron chi connectivity index (χ3n) is 3.44. The number of carbonyl (C=O) groups is 1. The third-order valence-corrected chi connectivity index (χ3v) is 5.00.